The first-order chi connectivity index (χ1) is 10.6. The number of hydroxylamine groups is 2. The number of aliphatic carboxylic acids is 3. The Kier molecular flexibility index (Phi) is 6.02. The van der Waals surface area contributed by atoms with Gasteiger partial charge in [-0.25, -0.2) is 14.7 Å². The number of hydrogen-bond donors (Lipinski definition) is 4. The maximum atomic E-state index is 12.3. The van der Waals surface area contributed by atoms with E-state index in [0.717, 1.165) is 6.92 Å². The van der Waals surface area contributed by atoms with E-state index in [9.17, 15) is 24.0 Å². The molecule has 1 saturated heterocycles. The highest BCUT2D eigenvalue weighted by Crippen LogP contribution is 2.22. The molecule has 128 valence electrons. The Bertz CT molecular complexity index is 517. The molecule has 0 aromatic rings. The number of amides is 2. The summed E-state index contributed by atoms with van der Waals surface area (Å²) in [6.07, 6.45) is -2.54. The van der Waals surface area contributed by atoms with Crippen molar-refractivity contribution in [1.29, 1.82) is 0 Å². The molecule has 23 heavy (non-hydrogen) atoms. The topological polar surface area (TPSA) is 171 Å². The fraction of sp³-hybridized carbons (Fsp3) is 0.583. The minimum Gasteiger partial charge on any atom is -0.481 e. The van der Waals surface area contributed by atoms with Crippen LogP contribution in [0.15, 0.2) is 0 Å². The average Bonchev–Trinajstić information content (AvgIpc) is 2.43. The molecule has 3 atom stereocenters. The summed E-state index contributed by atoms with van der Waals surface area (Å²) in [6, 6.07) is -3.04. The van der Waals surface area contributed by atoms with Crippen LogP contribution in [0.4, 0.5) is 0 Å². The van der Waals surface area contributed by atoms with E-state index in [2.05, 4.69) is 5.32 Å². The lowest BCUT2D eigenvalue weighted by Gasteiger charge is -2.36. The second kappa shape index (κ2) is 7.54. The second-order valence-corrected chi connectivity index (χ2v) is 4.88. The third-order valence-electron chi connectivity index (χ3n) is 3.06. The quantitative estimate of drug-likeness (QED) is 0.448. The highest BCUT2D eigenvalue weighted by Gasteiger charge is 2.42. The van der Waals surface area contributed by atoms with Crippen molar-refractivity contribution in [3.63, 3.8) is 0 Å². The first-order valence-electron chi connectivity index (χ1n) is 6.57. The van der Waals surface area contributed by atoms with E-state index in [1.807, 2.05) is 0 Å². The van der Waals surface area contributed by atoms with Crippen molar-refractivity contribution in [3.05, 3.63) is 0 Å². The van der Waals surface area contributed by atoms with Crippen LogP contribution >= 0.6 is 0 Å². The van der Waals surface area contributed by atoms with Crippen LogP contribution in [-0.2, 0) is 28.8 Å². The summed E-state index contributed by atoms with van der Waals surface area (Å²) in [5.74, 6) is -6.07. The standard InChI is InChI=1S/C12H16N2O9/c1-5(15)13-6(4-9(16)17)10(18)14-7(11(19)20)2-3-8(23-14)12(21)22/h6-8H,2-4H2,1H3,(H,13,15)(H,16,17)(H,19,20)(H,21,22)/t6-,7+,8-/m1/s1. The molecule has 0 aromatic heterocycles. The van der Waals surface area contributed by atoms with Crippen LogP contribution in [0.2, 0.25) is 0 Å². The zero-order chi connectivity index (χ0) is 17.7. The number of nitrogens with zero attached hydrogens (tertiary/aromatic N) is 1. The number of carboxylic acid groups (broad SMARTS) is 3. The van der Waals surface area contributed by atoms with Gasteiger partial charge in [0, 0.05) is 6.92 Å². The minimum atomic E-state index is -1.57. The first kappa shape index (κ1) is 18.4. The SMILES string of the molecule is CC(=O)N[C@H](CC(=O)O)C(=O)N1O[C@@H](C(=O)O)CC[C@H]1C(=O)O. The van der Waals surface area contributed by atoms with Crippen LogP contribution < -0.4 is 5.32 Å². The van der Waals surface area contributed by atoms with Crippen molar-refractivity contribution in [2.24, 2.45) is 0 Å². The van der Waals surface area contributed by atoms with Crippen molar-refractivity contribution in [2.45, 2.75) is 44.4 Å². The Morgan fingerprint density at radius 3 is 2.17 bits per heavy atom. The first-order valence-corrected chi connectivity index (χ1v) is 6.57. The fourth-order valence-corrected chi connectivity index (χ4v) is 2.06. The summed E-state index contributed by atoms with van der Waals surface area (Å²) in [7, 11) is 0. The predicted molar refractivity (Wildman–Crippen MR) is 69.9 cm³/mol. The third-order valence-corrected chi connectivity index (χ3v) is 3.06. The molecular formula is C12H16N2O9. The maximum absolute atomic E-state index is 12.3. The highest BCUT2D eigenvalue weighted by atomic mass is 16.7. The minimum absolute atomic E-state index is 0.125. The molecule has 0 radical (unpaired) electrons. The summed E-state index contributed by atoms with van der Waals surface area (Å²) in [4.78, 5) is 61.2. The van der Waals surface area contributed by atoms with Gasteiger partial charge in [0.2, 0.25) is 5.91 Å². The van der Waals surface area contributed by atoms with Crippen molar-refractivity contribution in [3.8, 4) is 0 Å². The molecule has 1 aliphatic rings. The predicted octanol–water partition coefficient (Wildman–Crippen LogP) is -1.57. The molecule has 0 aromatic carbocycles. The van der Waals surface area contributed by atoms with Crippen molar-refractivity contribution in [2.75, 3.05) is 0 Å². The molecule has 0 spiro atoms. The summed E-state index contributed by atoms with van der Waals surface area (Å²) in [5, 5.41) is 29.2. The fourth-order valence-electron chi connectivity index (χ4n) is 2.06. The van der Waals surface area contributed by atoms with Crippen molar-refractivity contribution < 1.29 is 44.1 Å². The number of carboxylic acids is 3. The maximum Gasteiger partial charge on any atom is 0.335 e. The van der Waals surface area contributed by atoms with Gasteiger partial charge in [-0.15, -0.1) is 0 Å². The highest BCUT2D eigenvalue weighted by molar-refractivity contribution is 5.92. The van der Waals surface area contributed by atoms with E-state index >= 15 is 0 Å². The van der Waals surface area contributed by atoms with E-state index in [-0.39, 0.29) is 12.8 Å². The van der Waals surface area contributed by atoms with Crippen LogP contribution in [0, 0.1) is 0 Å². The van der Waals surface area contributed by atoms with Gasteiger partial charge in [0.05, 0.1) is 6.42 Å². The van der Waals surface area contributed by atoms with Gasteiger partial charge in [-0.2, -0.15) is 0 Å². The van der Waals surface area contributed by atoms with Crippen molar-refractivity contribution >= 4 is 29.7 Å². The second-order valence-electron chi connectivity index (χ2n) is 4.88. The molecule has 0 bridgehead atoms. The van der Waals surface area contributed by atoms with Gasteiger partial charge in [0.15, 0.2) is 12.1 Å². The average molecular weight is 332 g/mol. The zero-order valence-corrected chi connectivity index (χ0v) is 12.1. The van der Waals surface area contributed by atoms with E-state index in [1.54, 1.807) is 0 Å². The Balaban J connectivity index is 3.03. The number of carbonyl (C=O) groups excluding carboxylic acids is 2. The molecule has 1 heterocycles. The molecule has 11 nitrogen and oxygen atoms in total. The van der Waals surface area contributed by atoms with Gasteiger partial charge in [0.1, 0.15) is 6.04 Å². The number of nitrogens with one attached hydrogen (secondary N) is 1. The molecule has 4 N–H and O–H groups in total. The van der Waals surface area contributed by atoms with Gasteiger partial charge in [-0.3, -0.25) is 19.2 Å². The van der Waals surface area contributed by atoms with E-state index in [1.165, 1.54) is 0 Å². The molecule has 1 fully saturated rings. The summed E-state index contributed by atoms with van der Waals surface area (Å²) in [6.45, 7) is 1.05. The number of hydrogen-bond acceptors (Lipinski definition) is 6. The molecule has 0 saturated carbocycles. The summed E-state index contributed by atoms with van der Waals surface area (Å²) in [5.41, 5.74) is 0. The largest absolute Gasteiger partial charge is 0.481 e. The lowest BCUT2D eigenvalue weighted by atomic mass is 10.0. The van der Waals surface area contributed by atoms with E-state index in [0.29, 0.717) is 5.06 Å². The van der Waals surface area contributed by atoms with Crippen LogP contribution in [0.3, 0.4) is 0 Å². The van der Waals surface area contributed by atoms with Crippen LogP contribution in [-0.4, -0.2) is 68.3 Å². The lowest BCUT2D eigenvalue weighted by Crippen LogP contribution is -2.58. The molecule has 1 rings (SSSR count). The molecule has 0 aliphatic carbocycles. The van der Waals surface area contributed by atoms with Crippen LogP contribution in [0.5, 0.6) is 0 Å². The van der Waals surface area contributed by atoms with Crippen LogP contribution in [0.1, 0.15) is 26.2 Å². The number of carbonyl (C=O) groups is 5. The Morgan fingerprint density at radius 1 is 1.13 bits per heavy atom. The Hall–Kier alpha value is -2.69. The lowest BCUT2D eigenvalue weighted by molar-refractivity contribution is -0.246. The van der Waals surface area contributed by atoms with Crippen LogP contribution in [0.25, 0.3) is 0 Å². The number of rotatable bonds is 6. The Morgan fingerprint density at radius 2 is 1.74 bits per heavy atom. The van der Waals surface area contributed by atoms with E-state index in [4.69, 9.17) is 20.2 Å². The molecule has 0 unspecified atom stereocenters. The molecule has 2 amide bonds. The van der Waals surface area contributed by atoms with Gasteiger partial charge in [-0.1, -0.05) is 0 Å². The van der Waals surface area contributed by atoms with Crippen molar-refractivity contribution in [1.82, 2.24) is 10.4 Å². The molecule has 1 aliphatic heterocycles. The van der Waals surface area contributed by atoms with Gasteiger partial charge < -0.3 is 20.6 Å². The zero-order valence-electron chi connectivity index (χ0n) is 12.1. The molecular weight excluding hydrogens is 316 g/mol. The smallest absolute Gasteiger partial charge is 0.335 e. The monoisotopic (exact) mass is 332 g/mol. The summed E-state index contributed by atoms with van der Waals surface area (Å²) >= 11 is 0. The third kappa shape index (κ3) is 4.92. The van der Waals surface area contributed by atoms with Gasteiger partial charge >= 0.3 is 17.9 Å². The normalized spacial score (nSPS) is 22.0. The molecule has 11 heteroatoms. The van der Waals surface area contributed by atoms with Gasteiger partial charge in [0.25, 0.3) is 5.91 Å². The summed E-state index contributed by atoms with van der Waals surface area (Å²) < 4.78 is 0. The van der Waals surface area contributed by atoms with E-state index < -0.39 is 54.3 Å². The van der Waals surface area contributed by atoms with Gasteiger partial charge in [-0.05, 0) is 12.8 Å². The Labute approximate surface area is 129 Å².